The van der Waals surface area contributed by atoms with Crippen LogP contribution in [0.2, 0.25) is 0 Å². The Hall–Kier alpha value is -0.590. The van der Waals surface area contributed by atoms with Crippen molar-refractivity contribution in [1.29, 1.82) is 0 Å². The lowest BCUT2D eigenvalue weighted by atomic mass is 9.78. The van der Waals surface area contributed by atoms with Gasteiger partial charge in [0.1, 0.15) is 0 Å². The van der Waals surface area contributed by atoms with Gasteiger partial charge in [0.15, 0.2) is 5.78 Å². The number of amides is 1. The Kier molecular flexibility index (Phi) is 10.1. The third-order valence-corrected chi connectivity index (χ3v) is 5.78. The SMILES string of the molecule is CSN[C@H](C(=O)N[C@@H](C[C@H]1CC[C@H](CN)CC1)C(=O)C(C)C)C(C)C. The van der Waals surface area contributed by atoms with Gasteiger partial charge in [-0.3, -0.25) is 14.3 Å². The van der Waals surface area contributed by atoms with Gasteiger partial charge in [-0.25, -0.2) is 0 Å². The number of nitrogens with one attached hydrogen (secondary N) is 2. The second-order valence-electron chi connectivity index (χ2n) is 8.02. The van der Waals surface area contributed by atoms with Crippen LogP contribution in [0.25, 0.3) is 0 Å². The fourth-order valence-corrected chi connectivity index (χ4v) is 4.20. The first-order valence-corrected chi connectivity index (χ1v) is 10.8. The Balaban J connectivity index is 2.73. The first kappa shape index (κ1) is 22.5. The topological polar surface area (TPSA) is 84.2 Å². The zero-order valence-corrected chi connectivity index (χ0v) is 17.3. The number of hydrogen-bond acceptors (Lipinski definition) is 5. The molecule has 0 saturated heterocycles. The summed E-state index contributed by atoms with van der Waals surface area (Å²) in [6, 6.07) is -0.665. The zero-order valence-electron chi connectivity index (χ0n) is 16.5. The van der Waals surface area contributed by atoms with E-state index in [9.17, 15) is 9.59 Å². The molecular formula is C19H37N3O2S. The molecule has 1 fully saturated rings. The standard InChI is InChI=1S/C19H37N3O2S/c1-12(2)17(22-25-5)19(24)21-16(18(23)13(3)4)10-14-6-8-15(11-20)9-7-14/h12-17,22H,6-11,20H2,1-5H3,(H,21,24)/t14-,15-,16-,17-/m0/s1. The molecular weight excluding hydrogens is 334 g/mol. The quantitative estimate of drug-likeness (QED) is 0.514. The number of ketones is 1. The average molecular weight is 372 g/mol. The third-order valence-electron chi connectivity index (χ3n) is 5.29. The zero-order chi connectivity index (χ0) is 19.0. The van der Waals surface area contributed by atoms with Crippen molar-refractivity contribution in [3.63, 3.8) is 0 Å². The Morgan fingerprint density at radius 1 is 1.08 bits per heavy atom. The van der Waals surface area contributed by atoms with Gasteiger partial charge in [-0.2, -0.15) is 0 Å². The molecule has 5 nitrogen and oxygen atoms in total. The molecule has 0 bridgehead atoms. The Bertz CT molecular complexity index is 421. The monoisotopic (exact) mass is 371 g/mol. The molecule has 2 atom stereocenters. The summed E-state index contributed by atoms with van der Waals surface area (Å²) >= 11 is 1.44. The van der Waals surface area contributed by atoms with Crippen molar-refractivity contribution in [3.8, 4) is 0 Å². The van der Waals surface area contributed by atoms with Gasteiger partial charge in [-0.05, 0) is 49.8 Å². The Labute approximate surface area is 157 Å². The van der Waals surface area contributed by atoms with Crippen LogP contribution in [0.5, 0.6) is 0 Å². The summed E-state index contributed by atoms with van der Waals surface area (Å²) in [5.74, 6) is 1.29. The van der Waals surface area contributed by atoms with E-state index in [4.69, 9.17) is 5.73 Å². The molecule has 0 aliphatic heterocycles. The fraction of sp³-hybridized carbons (Fsp3) is 0.895. The summed E-state index contributed by atoms with van der Waals surface area (Å²) in [5.41, 5.74) is 5.77. The first-order valence-electron chi connectivity index (χ1n) is 9.62. The molecule has 1 saturated carbocycles. The van der Waals surface area contributed by atoms with Crippen molar-refractivity contribution < 1.29 is 9.59 Å². The molecule has 25 heavy (non-hydrogen) atoms. The van der Waals surface area contributed by atoms with Gasteiger partial charge in [-0.1, -0.05) is 52.5 Å². The largest absolute Gasteiger partial charge is 0.345 e. The smallest absolute Gasteiger partial charge is 0.238 e. The molecule has 1 aliphatic carbocycles. The highest BCUT2D eigenvalue weighted by atomic mass is 32.2. The summed E-state index contributed by atoms with van der Waals surface area (Å²) in [6.45, 7) is 8.61. The predicted molar refractivity (Wildman–Crippen MR) is 106 cm³/mol. The molecule has 4 N–H and O–H groups in total. The molecule has 0 aromatic heterocycles. The minimum absolute atomic E-state index is 0.0704. The van der Waals surface area contributed by atoms with E-state index in [2.05, 4.69) is 10.0 Å². The highest BCUT2D eigenvalue weighted by Crippen LogP contribution is 2.31. The van der Waals surface area contributed by atoms with Crippen LogP contribution >= 0.6 is 11.9 Å². The van der Waals surface area contributed by atoms with Gasteiger partial charge in [0, 0.05) is 5.92 Å². The molecule has 0 aromatic carbocycles. The number of rotatable bonds is 10. The maximum Gasteiger partial charge on any atom is 0.238 e. The summed E-state index contributed by atoms with van der Waals surface area (Å²) in [5, 5.41) is 3.05. The normalized spacial score (nSPS) is 23.5. The Morgan fingerprint density at radius 2 is 1.64 bits per heavy atom. The van der Waals surface area contributed by atoms with Crippen LogP contribution in [0, 0.1) is 23.7 Å². The molecule has 0 unspecified atom stereocenters. The van der Waals surface area contributed by atoms with Gasteiger partial charge in [-0.15, -0.1) is 0 Å². The number of nitrogens with two attached hydrogens (primary N) is 1. The van der Waals surface area contributed by atoms with Crippen molar-refractivity contribution >= 4 is 23.6 Å². The summed E-state index contributed by atoms with van der Waals surface area (Å²) in [7, 11) is 0. The van der Waals surface area contributed by atoms with Gasteiger partial charge in [0.2, 0.25) is 5.91 Å². The highest BCUT2D eigenvalue weighted by molar-refractivity contribution is 7.96. The van der Waals surface area contributed by atoms with Crippen LogP contribution in [0.4, 0.5) is 0 Å². The van der Waals surface area contributed by atoms with Crippen LogP contribution < -0.4 is 15.8 Å². The van der Waals surface area contributed by atoms with E-state index >= 15 is 0 Å². The lowest BCUT2D eigenvalue weighted by molar-refractivity contribution is -0.131. The molecule has 6 heteroatoms. The van der Waals surface area contributed by atoms with Crippen LogP contribution in [0.15, 0.2) is 0 Å². The average Bonchev–Trinajstić information content (AvgIpc) is 2.58. The van der Waals surface area contributed by atoms with Crippen molar-refractivity contribution in [1.82, 2.24) is 10.0 Å². The molecule has 146 valence electrons. The Morgan fingerprint density at radius 3 is 2.08 bits per heavy atom. The van der Waals surface area contributed by atoms with E-state index in [-0.39, 0.29) is 35.6 Å². The minimum Gasteiger partial charge on any atom is -0.345 e. The van der Waals surface area contributed by atoms with Crippen molar-refractivity contribution in [2.24, 2.45) is 29.4 Å². The molecule has 1 amide bonds. The van der Waals surface area contributed by atoms with E-state index in [0.29, 0.717) is 11.8 Å². The van der Waals surface area contributed by atoms with Crippen LogP contribution in [-0.2, 0) is 9.59 Å². The third kappa shape index (κ3) is 7.27. The fourth-order valence-electron chi connectivity index (χ4n) is 3.57. The second kappa shape index (κ2) is 11.2. The van der Waals surface area contributed by atoms with Gasteiger partial charge < -0.3 is 11.1 Å². The molecule has 0 radical (unpaired) electrons. The molecule has 0 aromatic rings. The van der Waals surface area contributed by atoms with Crippen LogP contribution in [-0.4, -0.2) is 36.6 Å². The second-order valence-corrected chi connectivity index (χ2v) is 8.66. The maximum atomic E-state index is 12.7. The molecule has 1 rings (SSSR count). The predicted octanol–water partition coefficient (Wildman–Crippen LogP) is 2.74. The van der Waals surface area contributed by atoms with Gasteiger partial charge >= 0.3 is 0 Å². The highest BCUT2D eigenvalue weighted by Gasteiger charge is 2.31. The van der Waals surface area contributed by atoms with Crippen molar-refractivity contribution in [2.75, 3.05) is 12.8 Å². The lowest BCUT2D eigenvalue weighted by Gasteiger charge is -2.31. The van der Waals surface area contributed by atoms with Crippen LogP contribution in [0.1, 0.15) is 59.8 Å². The number of hydrogen-bond donors (Lipinski definition) is 3. The maximum absolute atomic E-state index is 12.7. The summed E-state index contributed by atoms with van der Waals surface area (Å²) in [6.07, 6.45) is 7.16. The van der Waals surface area contributed by atoms with E-state index < -0.39 is 0 Å². The van der Waals surface area contributed by atoms with Crippen molar-refractivity contribution in [2.45, 2.75) is 71.9 Å². The van der Waals surface area contributed by atoms with Crippen molar-refractivity contribution in [3.05, 3.63) is 0 Å². The first-order chi connectivity index (χ1) is 11.8. The minimum atomic E-state index is -0.378. The van der Waals surface area contributed by atoms with Crippen LogP contribution in [0.3, 0.4) is 0 Å². The summed E-state index contributed by atoms with van der Waals surface area (Å²) in [4.78, 5) is 25.4. The van der Waals surface area contributed by atoms with E-state index in [1.807, 2.05) is 34.0 Å². The molecule has 0 heterocycles. The lowest BCUT2D eigenvalue weighted by Crippen LogP contribution is -2.52. The van der Waals surface area contributed by atoms with Gasteiger partial charge in [0.05, 0.1) is 12.1 Å². The van der Waals surface area contributed by atoms with Gasteiger partial charge in [0.25, 0.3) is 0 Å². The van der Waals surface area contributed by atoms with E-state index in [1.165, 1.54) is 11.9 Å². The summed E-state index contributed by atoms with van der Waals surface area (Å²) < 4.78 is 3.15. The van der Waals surface area contributed by atoms with E-state index in [1.54, 1.807) is 0 Å². The molecule has 1 aliphatic rings. The number of carbonyl (C=O) groups is 2. The number of Topliss-reactive ketones (excluding diaryl/α,β-unsaturated/α-hetero) is 1. The number of carbonyl (C=O) groups excluding carboxylic acids is 2. The molecule has 0 spiro atoms. The van der Waals surface area contributed by atoms with E-state index in [0.717, 1.165) is 38.6 Å².